The zero-order valence-corrected chi connectivity index (χ0v) is 12.8. The molecule has 0 bridgehead atoms. The maximum Gasteiger partial charge on any atom is 0.305 e. The molecule has 0 aliphatic heterocycles. The summed E-state index contributed by atoms with van der Waals surface area (Å²) in [6, 6.07) is 1.15. The summed E-state index contributed by atoms with van der Waals surface area (Å²) in [6.45, 7) is 6.18. The first-order chi connectivity index (χ1) is 9.73. The first-order valence-electron chi connectivity index (χ1n) is 7.32. The number of aliphatic carboxylic acids is 1. The molecular weight excluding hydrogens is 270 g/mol. The molecule has 3 N–H and O–H groups in total. The molecule has 1 atom stereocenters. The Balaban J connectivity index is 2.15. The second-order valence-corrected chi connectivity index (χ2v) is 6.99. The van der Waals surface area contributed by atoms with E-state index in [-0.39, 0.29) is 23.4 Å². The Morgan fingerprint density at radius 2 is 2.19 bits per heavy atom. The average molecular weight is 293 g/mol. The average Bonchev–Trinajstić information content (AvgIpc) is 3.07. The minimum Gasteiger partial charge on any atom is -0.481 e. The summed E-state index contributed by atoms with van der Waals surface area (Å²) in [7, 11) is 0. The lowest BCUT2D eigenvalue weighted by Gasteiger charge is -2.26. The van der Waals surface area contributed by atoms with E-state index in [1.54, 1.807) is 0 Å². The molecule has 1 aliphatic rings. The fraction of sp³-hybridized carbons (Fsp3) is 0.667. The number of carboxylic acid groups (broad SMARTS) is 1. The van der Waals surface area contributed by atoms with Gasteiger partial charge in [0.05, 0.1) is 6.42 Å². The van der Waals surface area contributed by atoms with Crippen LogP contribution in [0, 0.1) is 5.41 Å². The molecule has 1 heterocycles. The molecule has 116 valence electrons. The monoisotopic (exact) mass is 293 g/mol. The van der Waals surface area contributed by atoms with E-state index >= 15 is 0 Å². The smallest absolute Gasteiger partial charge is 0.305 e. The van der Waals surface area contributed by atoms with E-state index in [4.69, 9.17) is 5.11 Å². The molecule has 0 saturated heterocycles. The van der Waals surface area contributed by atoms with Gasteiger partial charge in [0.25, 0.3) is 5.56 Å². The molecule has 0 radical (unpaired) electrons. The van der Waals surface area contributed by atoms with Crippen molar-refractivity contribution in [2.45, 2.75) is 58.4 Å². The second kappa shape index (κ2) is 5.87. The first kappa shape index (κ1) is 15.5. The zero-order valence-electron chi connectivity index (χ0n) is 12.8. The summed E-state index contributed by atoms with van der Waals surface area (Å²) in [5.74, 6) is 0.662. The van der Waals surface area contributed by atoms with Crippen molar-refractivity contribution in [2.24, 2.45) is 5.41 Å². The Morgan fingerprint density at radius 1 is 1.52 bits per heavy atom. The van der Waals surface area contributed by atoms with Crippen LogP contribution in [0.1, 0.15) is 58.2 Å². The van der Waals surface area contributed by atoms with Crippen LogP contribution in [0.2, 0.25) is 0 Å². The summed E-state index contributed by atoms with van der Waals surface area (Å²) in [5.41, 5.74) is -0.201. The molecule has 21 heavy (non-hydrogen) atoms. The van der Waals surface area contributed by atoms with Crippen LogP contribution in [0.3, 0.4) is 0 Å². The van der Waals surface area contributed by atoms with Crippen molar-refractivity contribution in [2.75, 3.05) is 5.32 Å². The van der Waals surface area contributed by atoms with Gasteiger partial charge in [-0.15, -0.1) is 0 Å². The van der Waals surface area contributed by atoms with Crippen LogP contribution in [0.5, 0.6) is 0 Å². The third-order valence-corrected chi connectivity index (χ3v) is 3.36. The molecule has 6 heteroatoms. The van der Waals surface area contributed by atoms with E-state index in [2.05, 4.69) is 36.1 Å². The Labute approximate surface area is 124 Å². The Kier molecular flexibility index (Phi) is 4.34. The van der Waals surface area contributed by atoms with Gasteiger partial charge in [-0.1, -0.05) is 20.8 Å². The van der Waals surface area contributed by atoms with Gasteiger partial charge < -0.3 is 15.4 Å². The molecule has 2 rings (SSSR count). The largest absolute Gasteiger partial charge is 0.481 e. The molecule has 1 unspecified atom stereocenters. The number of nitrogens with zero attached hydrogens (tertiary/aromatic N) is 1. The predicted octanol–water partition coefficient (Wildman–Crippen LogP) is 2.34. The van der Waals surface area contributed by atoms with Crippen molar-refractivity contribution >= 4 is 11.8 Å². The third kappa shape index (κ3) is 5.21. The number of H-pyrrole nitrogens is 1. The molecule has 0 aromatic carbocycles. The summed E-state index contributed by atoms with van der Waals surface area (Å²) in [5, 5.41) is 12.2. The number of rotatable bonds is 6. The Hall–Kier alpha value is -1.85. The highest BCUT2D eigenvalue weighted by Gasteiger charge is 2.27. The van der Waals surface area contributed by atoms with E-state index in [0.29, 0.717) is 24.0 Å². The minimum absolute atomic E-state index is 0.00448. The van der Waals surface area contributed by atoms with Gasteiger partial charge >= 0.3 is 5.97 Å². The van der Waals surface area contributed by atoms with Gasteiger partial charge in [-0.3, -0.25) is 9.59 Å². The maximum atomic E-state index is 11.7. The zero-order chi connectivity index (χ0) is 15.6. The van der Waals surface area contributed by atoms with E-state index < -0.39 is 5.97 Å². The van der Waals surface area contributed by atoms with Gasteiger partial charge in [0.15, 0.2) is 0 Å². The topological polar surface area (TPSA) is 95.1 Å². The number of hydrogen-bond donors (Lipinski definition) is 3. The standard InChI is InChI=1S/C15H23N3O3/c1-15(2,3)8-10(6-13(20)21)16-11-7-12(19)18-14(17-11)9-4-5-9/h7,9-10H,4-6,8H2,1-3H3,(H,20,21)(H2,16,17,18,19). The second-order valence-electron chi connectivity index (χ2n) is 6.99. The van der Waals surface area contributed by atoms with Crippen molar-refractivity contribution in [3.63, 3.8) is 0 Å². The number of aromatic nitrogens is 2. The molecule has 1 aromatic rings. The van der Waals surface area contributed by atoms with Crippen LogP contribution in [-0.2, 0) is 4.79 Å². The lowest BCUT2D eigenvalue weighted by atomic mass is 9.87. The first-order valence-corrected chi connectivity index (χ1v) is 7.32. The van der Waals surface area contributed by atoms with Gasteiger partial charge in [0.2, 0.25) is 0 Å². The quantitative estimate of drug-likeness (QED) is 0.748. The van der Waals surface area contributed by atoms with E-state index in [0.717, 1.165) is 12.8 Å². The number of hydrogen-bond acceptors (Lipinski definition) is 4. The Morgan fingerprint density at radius 3 is 2.71 bits per heavy atom. The van der Waals surface area contributed by atoms with Gasteiger partial charge in [0, 0.05) is 18.0 Å². The number of anilines is 1. The van der Waals surface area contributed by atoms with Gasteiger partial charge in [-0.05, 0) is 24.7 Å². The van der Waals surface area contributed by atoms with E-state index in [1.807, 2.05) is 0 Å². The molecule has 6 nitrogen and oxygen atoms in total. The SMILES string of the molecule is CC(C)(C)CC(CC(=O)O)Nc1cc(=O)[nH]c(C2CC2)n1. The van der Waals surface area contributed by atoms with Crippen molar-refractivity contribution in [1.82, 2.24) is 9.97 Å². The van der Waals surface area contributed by atoms with Crippen LogP contribution < -0.4 is 10.9 Å². The van der Waals surface area contributed by atoms with Gasteiger partial charge in [0.1, 0.15) is 11.6 Å². The van der Waals surface area contributed by atoms with Gasteiger partial charge in [-0.2, -0.15) is 0 Å². The molecule has 1 fully saturated rings. The molecular formula is C15H23N3O3. The maximum absolute atomic E-state index is 11.7. The summed E-state index contributed by atoms with van der Waals surface area (Å²) >= 11 is 0. The van der Waals surface area contributed by atoms with Crippen molar-refractivity contribution in [1.29, 1.82) is 0 Å². The normalized spacial score (nSPS) is 16.5. The fourth-order valence-electron chi connectivity index (χ4n) is 2.43. The van der Waals surface area contributed by atoms with Crippen LogP contribution in [0.15, 0.2) is 10.9 Å². The molecule has 1 saturated carbocycles. The number of nitrogens with one attached hydrogen (secondary N) is 2. The lowest BCUT2D eigenvalue weighted by Crippen LogP contribution is -2.29. The molecule has 1 aliphatic carbocycles. The highest BCUT2D eigenvalue weighted by molar-refractivity contribution is 5.68. The van der Waals surface area contributed by atoms with Crippen molar-refractivity contribution < 1.29 is 9.90 Å². The van der Waals surface area contributed by atoms with E-state index in [9.17, 15) is 9.59 Å². The lowest BCUT2D eigenvalue weighted by molar-refractivity contribution is -0.137. The van der Waals surface area contributed by atoms with Crippen molar-refractivity contribution in [3.8, 4) is 0 Å². The fourth-order valence-corrected chi connectivity index (χ4v) is 2.43. The van der Waals surface area contributed by atoms with Crippen LogP contribution in [0.25, 0.3) is 0 Å². The van der Waals surface area contributed by atoms with Gasteiger partial charge in [-0.25, -0.2) is 4.98 Å². The van der Waals surface area contributed by atoms with Crippen LogP contribution >= 0.6 is 0 Å². The van der Waals surface area contributed by atoms with Crippen LogP contribution in [0.4, 0.5) is 5.82 Å². The Bertz CT molecular complexity index is 570. The third-order valence-electron chi connectivity index (χ3n) is 3.36. The summed E-state index contributed by atoms with van der Waals surface area (Å²) < 4.78 is 0. The highest BCUT2D eigenvalue weighted by atomic mass is 16.4. The predicted molar refractivity (Wildman–Crippen MR) is 80.6 cm³/mol. The number of aromatic amines is 1. The van der Waals surface area contributed by atoms with Crippen molar-refractivity contribution in [3.05, 3.63) is 22.2 Å². The minimum atomic E-state index is -0.857. The number of carbonyl (C=O) groups is 1. The molecule has 0 amide bonds. The summed E-state index contributed by atoms with van der Waals surface area (Å²) in [6.07, 6.45) is 2.79. The summed E-state index contributed by atoms with van der Waals surface area (Å²) in [4.78, 5) is 29.9. The molecule has 1 aromatic heterocycles. The van der Waals surface area contributed by atoms with E-state index in [1.165, 1.54) is 6.07 Å². The van der Waals surface area contributed by atoms with Crippen LogP contribution in [-0.4, -0.2) is 27.1 Å². The highest BCUT2D eigenvalue weighted by Crippen LogP contribution is 2.37. The number of carboxylic acids is 1. The molecule has 0 spiro atoms.